The molecular weight excluding hydrogens is 286 g/mol. The van der Waals surface area contributed by atoms with E-state index in [1.165, 1.54) is 17.3 Å². The van der Waals surface area contributed by atoms with Crippen molar-refractivity contribution < 1.29 is 0 Å². The van der Waals surface area contributed by atoms with Gasteiger partial charge in [-0.25, -0.2) is 9.34 Å². The van der Waals surface area contributed by atoms with Crippen molar-refractivity contribution in [3.8, 4) is 0 Å². The van der Waals surface area contributed by atoms with Gasteiger partial charge in [0.2, 0.25) is 0 Å². The lowest BCUT2D eigenvalue weighted by molar-refractivity contribution is 0.302. The first-order valence-electron chi connectivity index (χ1n) is 7.00. The van der Waals surface area contributed by atoms with Crippen LogP contribution < -0.4 is 5.30 Å². The average Bonchev–Trinajstić information content (AvgIpc) is 2.42. The molecule has 1 aliphatic rings. The number of hydrogen-bond acceptors (Lipinski definition) is 1. The van der Waals surface area contributed by atoms with Gasteiger partial charge in [0.1, 0.15) is 0 Å². The molecule has 1 aromatic rings. The highest BCUT2D eigenvalue weighted by molar-refractivity contribution is 7.59. The van der Waals surface area contributed by atoms with Gasteiger partial charge in [-0.2, -0.15) is 0 Å². The highest BCUT2D eigenvalue weighted by Crippen LogP contribution is 2.59. The van der Waals surface area contributed by atoms with Crippen molar-refractivity contribution in [3.05, 3.63) is 29.8 Å². The maximum Gasteiger partial charge on any atom is 0.167 e. The van der Waals surface area contributed by atoms with E-state index >= 15 is 0 Å². The maximum absolute atomic E-state index is 4.84. The van der Waals surface area contributed by atoms with Crippen LogP contribution in [-0.4, -0.2) is 55.3 Å². The smallest absolute Gasteiger partial charge is 0.167 e. The molecular formula is C14H26N4P2. The Balaban J connectivity index is 2.30. The molecule has 112 valence electrons. The van der Waals surface area contributed by atoms with Crippen molar-refractivity contribution in [1.29, 1.82) is 0 Å². The van der Waals surface area contributed by atoms with Crippen molar-refractivity contribution in [1.82, 2.24) is 14.0 Å². The van der Waals surface area contributed by atoms with Crippen molar-refractivity contribution in [3.63, 3.8) is 0 Å². The van der Waals surface area contributed by atoms with Crippen LogP contribution in [0.2, 0.25) is 0 Å². The lowest BCUT2D eigenvalue weighted by atomic mass is 10.2. The summed E-state index contributed by atoms with van der Waals surface area (Å²) in [5.74, 6) is 0. The molecule has 2 atom stereocenters. The number of rotatable bonds is 3. The molecule has 1 aliphatic heterocycles. The van der Waals surface area contributed by atoms with E-state index in [0.29, 0.717) is 0 Å². The summed E-state index contributed by atoms with van der Waals surface area (Å²) in [6.45, 7) is 3.22. The first kappa shape index (κ1) is 16.1. The molecule has 0 radical (unpaired) electrons. The quantitative estimate of drug-likeness (QED) is 0.801. The largest absolute Gasteiger partial charge is 0.264 e. The Kier molecular flexibility index (Phi) is 5.39. The fourth-order valence-corrected chi connectivity index (χ4v) is 6.82. The first-order valence-corrected chi connectivity index (χ1v) is 9.18. The van der Waals surface area contributed by atoms with Gasteiger partial charge >= 0.3 is 0 Å². The van der Waals surface area contributed by atoms with Crippen LogP contribution in [0.5, 0.6) is 0 Å². The summed E-state index contributed by atoms with van der Waals surface area (Å²) >= 11 is 0. The predicted octanol–water partition coefficient (Wildman–Crippen LogP) is 2.46. The van der Waals surface area contributed by atoms with Crippen molar-refractivity contribution >= 4 is 22.1 Å². The van der Waals surface area contributed by atoms with Crippen LogP contribution in [0, 0.1) is 0 Å². The van der Waals surface area contributed by atoms with Gasteiger partial charge in [-0.1, -0.05) is 24.3 Å². The van der Waals surface area contributed by atoms with Gasteiger partial charge < -0.3 is 0 Å². The lowest BCUT2D eigenvalue weighted by Crippen LogP contribution is -2.42. The second-order valence-corrected chi connectivity index (χ2v) is 9.64. The standard InChI is InChI=1S/C14H26N4P2/c1-15-20(16(2)3)17(4)10-5-11-18(20)12-13-6-8-14(19)9-7-13/h6-9H,5,10-12,19H2,1-4H3. The molecule has 1 aromatic carbocycles. The molecule has 0 amide bonds. The molecule has 1 saturated heterocycles. The third kappa shape index (κ3) is 3.00. The molecule has 0 spiro atoms. The van der Waals surface area contributed by atoms with Gasteiger partial charge in [0, 0.05) is 26.7 Å². The molecule has 2 rings (SSSR count). The summed E-state index contributed by atoms with van der Waals surface area (Å²) in [7, 11) is 9.52. The van der Waals surface area contributed by atoms with Gasteiger partial charge in [0.25, 0.3) is 0 Å². The van der Waals surface area contributed by atoms with Gasteiger partial charge in [-0.3, -0.25) is 9.42 Å². The lowest BCUT2D eigenvalue weighted by Gasteiger charge is -2.49. The van der Waals surface area contributed by atoms with Crippen LogP contribution in [0.3, 0.4) is 0 Å². The summed E-state index contributed by atoms with van der Waals surface area (Å²) < 4.78 is 12.2. The Morgan fingerprint density at radius 3 is 2.45 bits per heavy atom. The molecule has 20 heavy (non-hydrogen) atoms. The van der Waals surface area contributed by atoms with Crippen molar-refractivity contribution in [2.75, 3.05) is 41.3 Å². The summed E-state index contributed by atoms with van der Waals surface area (Å²) in [4.78, 5) is 0. The molecule has 0 aromatic heterocycles. The zero-order valence-corrected chi connectivity index (χ0v) is 15.0. The number of nitrogens with zero attached hydrogens (tertiary/aromatic N) is 4. The molecule has 0 aliphatic carbocycles. The van der Waals surface area contributed by atoms with Crippen LogP contribution in [-0.2, 0) is 6.54 Å². The van der Waals surface area contributed by atoms with Crippen LogP contribution in [0.15, 0.2) is 29.0 Å². The van der Waals surface area contributed by atoms with E-state index in [0.717, 1.165) is 19.6 Å². The summed E-state index contributed by atoms with van der Waals surface area (Å²) in [5.41, 5.74) is 1.36. The maximum atomic E-state index is 4.84. The molecule has 2 unspecified atom stereocenters. The Labute approximate surface area is 125 Å². The van der Waals surface area contributed by atoms with E-state index in [-0.39, 0.29) is 0 Å². The van der Waals surface area contributed by atoms with Crippen LogP contribution in [0.4, 0.5) is 0 Å². The van der Waals surface area contributed by atoms with E-state index < -0.39 is 7.51 Å². The minimum Gasteiger partial charge on any atom is -0.264 e. The fourth-order valence-electron chi connectivity index (χ4n) is 2.99. The van der Waals surface area contributed by atoms with E-state index in [2.05, 4.69) is 68.7 Å². The van der Waals surface area contributed by atoms with Crippen LogP contribution in [0.1, 0.15) is 12.0 Å². The molecule has 0 saturated carbocycles. The second-order valence-electron chi connectivity index (χ2n) is 5.45. The average molecular weight is 312 g/mol. The molecule has 0 N–H and O–H groups in total. The number of benzene rings is 1. The third-order valence-electron chi connectivity index (χ3n) is 3.89. The van der Waals surface area contributed by atoms with Crippen LogP contribution >= 0.6 is 16.7 Å². The summed E-state index contributed by atoms with van der Waals surface area (Å²) in [6.07, 6.45) is 1.21. The predicted molar refractivity (Wildman–Crippen MR) is 92.4 cm³/mol. The Bertz CT molecular complexity index is 498. The second kappa shape index (κ2) is 6.68. The Hall–Kier alpha value is -0.240. The van der Waals surface area contributed by atoms with Crippen LogP contribution in [0.25, 0.3) is 0 Å². The molecule has 1 fully saturated rings. The number of hydrogen-bond donors (Lipinski definition) is 0. The molecule has 1 heterocycles. The zero-order chi connectivity index (χ0) is 14.8. The van der Waals surface area contributed by atoms with E-state index in [1.54, 1.807) is 0 Å². The Morgan fingerprint density at radius 2 is 1.90 bits per heavy atom. The normalized spacial score (nSPS) is 25.1. The van der Waals surface area contributed by atoms with E-state index in [4.69, 9.17) is 4.74 Å². The molecule has 4 nitrogen and oxygen atoms in total. The van der Waals surface area contributed by atoms with E-state index in [1.807, 2.05) is 7.05 Å². The zero-order valence-electron chi connectivity index (χ0n) is 13.0. The van der Waals surface area contributed by atoms with E-state index in [9.17, 15) is 0 Å². The van der Waals surface area contributed by atoms with Gasteiger partial charge in [-0.15, -0.1) is 9.24 Å². The van der Waals surface area contributed by atoms with Gasteiger partial charge in [0.05, 0.1) is 0 Å². The first-order chi connectivity index (χ1) is 9.50. The van der Waals surface area contributed by atoms with Crippen molar-refractivity contribution in [2.45, 2.75) is 13.0 Å². The van der Waals surface area contributed by atoms with Crippen molar-refractivity contribution in [2.24, 2.45) is 4.74 Å². The molecule has 0 bridgehead atoms. The molecule has 6 heteroatoms. The monoisotopic (exact) mass is 312 g/mol. The summed E-state index contributed by atoms with van der Waals surface area (Å²) in [6, 6.07) is 8.76. The van der Waals surface area contributed by atoms with Gasteiger partial charge in [0.15, 0.2) is 7.51 Å². The minimum absolute atomic E-state index is 0.971. The summed E-state index contributed by atoms with van der Waals surface area (Å²) in [5, 5.41) is 1.23. The Morgan fingerprint density at radius 1 is 1.25 bits per heavy atom. The highest BCUT2D eigenvalue weighted by atomic mass is 31.2. The SMILES string of the molecule is CN=P1(N(C)C)N(C)CCCN1Cc1ccc(P)cc1. The highest BCUT2D eigenvalue weighted by Gasteiger charge is 2.36. The third-order valence-corrected chi connectivity index (χ3v) is 8.10. The minimum atomic E-state index is -1.70. The fraction of sp³-hybridized carbons (Fsp3) is 0.571. The van der Waals surface area contributed by atoms with Gasteiger partial charge in [-0.05, 0) is 38.4 Å². The topological polar surface area (TPSA) is 22.1 Å².